The normalized spacial score (nSPS) is 14.7. The number of aromatic nitrogens is 1. The van der Waals surface area contributed by atoms with E-state index in [-0.39, 0.29) is 24.6 Å². The van der Waals surface area contributed by atoms with E-state index in [0.29, 0.717) is 54.9 Å². The molecule has 6 rings (SSSR count). The van der Waals surface area contributed by atoms with Crippen LogP contribution in [0.4, 0.5) is 9.18 Å². The van der Waals surface area contributed by atoms with Gasteiger partial charge in [-0.15, -0.1) is 0 Å². The highest BCUT2D eigenvalue weighted by atomic mass is 19.1. The van der Waals surface area contributed by atoms with Gasteiger partial charge in [0.15, 0.2) is 17.7 Å². The molecule has 2 aliphatic heterocycles. The van der Waals surface area contributed by atoms with Crippen molar-refractivity contribution < 1.29 is 32.9 Å². The standard InChI is InChI=1S/C42H47FN2O6/c1-25(2)50-40(46)39(51-42(5,6)7)36-27(4)44-26(3)35(37(36)33-21-31-14-11-19-48-38(31)34(43)22-33)30-15-16-32-23-45(18-17-29(32)20-30)41(47)49-24-28-12-9-8-10-13-28/h8-10,12-13,15-16,20-22,25,39H,11,14,17-19,23-24H2,1-7H3/t39-/m0/s1. The molecule has 9 heteroatoms. The summed E-state index contributed by atoms with van der Waals surface area (Å²) >= 11 is 0. The highest BCUT2D eigenvalue weighted by Crippen LogP contribution is 2.45. The molecule has 3 heterocycles. The van der Waals surface area contributed by atoms with Gasteiger partial charge in [-0.1, -0.05) is 48.5 Å². The van der Waals surface area contributed by atoms with Crippen LogP contribution in [0.25, 0.3) is 22.3 Å². The minimum atomic E-state index is -1.13. The first-order chi connectivity index (χ1) is 24.3. The minimum absolute atomic E-state index is 0.215. The number of ether oxygens (including phenoxy) is 4. The van der Waals surface area contributed by atoms with Crippen LogP contribution >= 0.6 is 0 Å². The summed E-state index contributed by atoms with van der Waals surface area (Å²) in [7, 11) is 0. The van der Waals surface area contributed by atoms with Crippen LogP contribution in [0.15, 0.2) is 60.7 Å². The maximum atomic E-state index is 15.9. The number of halogens is 1. The van der Waals surface area contributed by atoms with E-state index in [2.05, 4.69) is 6.07 Å². The van der Waals surface area contributed by atoms with Gasteiger partial charge in [-0.05, 0) is 119 Å². The van der Waals surface area contributed by atoms with Crippen LogP contribution in [0.3, 0.4) is 0 Å². The Morgan fingerprint density at radius 3 is 2.39 bits per heavy atom. The van der Waals surface area contributed by atoms with E-state index >= 15 is 4.39 Å². The molecule has 0 aliphatic carbocycles. The summed E-state index contributed by atoms with van der Waals surface area (Å²) in [6.07, 6.45) is 0.231. The van der Waals surface area contributed by atoms with Crippen LogP contribution in [-0.4, -0.2) is 46.8 Å². The average molecular weight is 695 g/mol. The van der Waals surface area contributed by atoms with Crippen molar-refractivity contribution in [1.82, 2.24) is 9.88 Å². The van der Waals surface area contributed by atoms with Gasteiger partial charge in [0.2, 0.25) is 0 Å². The second-order valence-corrected chi connectivity index (χ2v) is 14.6. The first-order valence-electron chi connectivity index (χ1n) is 17.7. The van der Waals surface area contributed by atoms with Crippen LogP contribution in [0, 0.1) is 19.7 Å². The number of carbonyl (C=O) groups excluding carboxylic acids is 2. The Kier molecular flexibility index (Phi) is 10.5. The zero-order valence-electron chi connectivity index (χ0n) is 30.6. The molecule has 2 aliphatic rings. The lowest BCUT2D eigenvalue weighted by Gasteiger charge is -2.31. The number of nitrogens with zero attached hydrogens (tertiary/aromatic N) is 2. The molecule has 1 aromatic heterocycles. The highest BCUT2D eigenvalue weighted by Gasteiger charge is 2.36. The van der Waals surface area contributed by atoms with Crippen molar-refractivity contribution in [2.24, 2.45) is 0 Å². The Balaban J connectivity index is 1.45. The number of carbonyl (C=O) groups is 2. The molecule has 0 saturated carbocycles. The number of hydrogen-bond donors (Lipinski definition) is 0. The number of pyridine rings is 1. The lowest BCUT2D eigenvalue weighted by Crippen LogP contribution is -2.36. The van der Waals surface area contributed by atoms with E-state index < -0.39 is 23.5 Å². The Labute approximate surface area is 299 Å². The number of esters is 1. The van der Waals surface area contributed by atoms with Crippen LogP contribution in [0.5, 0.6) is 5.75 Å². The fourth-order valence-corrected chi connectivity index (χ4v) is 6.96. The van der Waals surface area contributed by atoms with Crippen molar-refractivity contribution in [3.05, 3.63) is 106 Å². The summed E-state index contributed by atoms with van der Waals surface area (Å²) in [6.45, 7) is 14.7. The average Bonchev–Trinajstić information content (AvgIpc) is 3.08. The molecule has 1 amide bonds. The molecule has 51 heavy (non-hydrogen) atoms. The Hall–Kier alpha value is -4.76. The number of amides is 1. The van der Waals surface area contributed by atoms with E-state index in [4.69, 9.17) is 23.9 Å². The maximum Gasteiger partial charge on any atom is 0.410 e. The third-order valence-corrected chi connectivity index (χ3v) is 9.12. The van der Waals surface area contributed by atoms with Crippen LogP contribution < -0.4 is 4.74 Å². The lowest BCUT2D eigenvalue weighted by atomic mass is 9.84. The molecule has 4 aromatic rings. The summed E-state index contributed by atoms with van der Waals surface area (Å²) < 4.78 is 39.5. The van der Waals surface area contributed by atoms with Gasteiger partial charge >= 0.3 is 12.1 Å². The monoisotopic (exact) mass is 694 g/mol. The third-order valence-electron chi connectivity index (χ3n) is 9.12. The van der Waals surface area contributed by atoms with Crippen molar-refractivity contribution in [1.29, 1.82) is 0 Å². The molecule has 0 radical (unpaired) electrons. The molecule has 8 nitrogen and oxygen atoms in total. The van der Waals surface area contributed by atoms with Gasteiger partial charge in [0.1, 0.15) is 6.61 Å². The molecular formula is C42H47FN2O6. The second kappa shape index (κ2) is 14.8. The fraction of sp³-hybridized carbons (Fsp3) is 0.405. The molecule has 0 N–H and O–H groups in total. The van der Waals surface area contributed by atoms with Gasteiger partial charge in [0.05, 0.1) is 18.3 Å². The number of rotatable bonds is 8. The molecule has 1 atom stereocenters. The molecule has 268 valence electrons. The third kappa shape index (κ3) is 8.09. The van der Waals surface area contributed by atoms with E-state index in [9.17, 15) is 9.59 Å². The van der Waals surface area contributed by atoms with Crippen molar-refractivity contribution in [3.63, 3.8) is 0 Å². The van der Waals surface area contributed by atoms with E-state index in [1.807, 2.05) is 83.1 Å². The first kappa shape index (κ1) is 36.0. The van der Waals surface area contributed by atoms with E-state index in [1.54, 1.807) is 18.7 Å². The Bertz CT molecular complexity index is 1930. The molecule has 0 unspecified atom stereocenters. The van der Waals surface area contributed by atoms with E-state index in [0.717, 1.165) is 45.5 Å². The summed E-state index contributed by atoms with van der Waals surface area (Å²) in [5, 5.41) is 0. The summed E-state index contributed by atoms with van der Waals surface area (Å²) in [4.78, 5) is 33.6. The quantitative estimate of drug-likeness (QED) is 0.170. The summed E-state index contributed by atoms with van der Waals surface area (Å²) in [6, 6.07) is 19.2. The fourth-order valence-electron chi connectivity index (χ4n) is 6.96. The van der Waals surface area contributed by atoms with Crippen LogP contribution in [0.2, 0.25) is 0 Å². The van der Waals surface area contributed by atoms with Crippen LogP contribution in [-0.2, 0) is 45.0 Å². The van der Waals surface area contributed by atoms with Gasteiger partial charge in [-0.2, -0.15) is 0 Å². The molecule has 3 aromatic carbocycles. The Morgan fingerprint density at radius 2 is 1.67 bits per heavy atom. The van der Waals surface area contributed by atoms with Gasteiger partial charge < -0.3 is 23.8 Å². The number of fused-ring (bicyclic) bond motifs is 2. The molecule has 0 spiro atoms. The molecule has 0 fully saturated rings. The maximum absolute atomic E-state index is 15.9. The smallest absolute Gasteiger partial charge is 0.410 e. The predicted molar refractivity (Wildman–Crippen MR) is 194 cm³/mol. The van der Waals surface area contributed by atoms with Crippen molar-refractivity contribution in [2.75, 3.05) is 13.2 Å². The first-order valence-corrected chi connectivity index (χ1v) is 17.7. The largest absolute Gasteiger partial charge is 0.490 e. The molecule has 0 saturated heterocycles. The highest BCUT2D eigenvalue weighted by molar-refractivity contribution is 5.92. The van der Waals surface area contributed by atoms with Crippen LogP contribution in [0.1, 0.15) is 86.3 Å². The van der Waals surface area contributed by atoms with Crippen molar-refractivity contribution in [3.8, 4) is 28.0 Å². The van der Waals surface area contributed by atoms with Gasteiger partial charge in [-0.25, -0.2) is 14.0 Å². The predicted octanol–water partition coefficient (Wildman–Crippen LogP) is 9.00. The van der Waals surface area contributed by atoms with Crippen molar-refractivity contribution >= 4 is 12.1 Å². The SMILES string of the molecule is Cc1nc(C)c([C@H](OC(C)(C)C)C(=O)OC(C)C)c(-c2cc(F)c3c(c2)CCCO3)c1-c1ccc2c(c1)CCN(C(=O)OCc1ccccc1)C2. The number of benzene rings is 3. The summed E-state index contributed by atoms with van der Waals surface area (Å²) in [5.74, 6) is -0.709. The lowest BCUT2D eigenvalue weighted by molar-refractivity contribution is -0.171. The van der Waals surface area contributed by atoms with E-state index in [1.165, 1.54) is 6.07 Å². The number of aryl methyl sites for hydroxylation is 3. The second-order valence-electron chi connectivity index (χ2n) is 14.6. The number of hydrogen-bond acceptors (Lipinski definition) is 7. The summed E-state index contributed by atoms with van der Waals surface area (Å²) in [5.41, 5.74) is 7.91. The van der Waals surface area contributed by atoms with Gasteiger partial charge in [0.25, 0.3) is 0 Å². The zero-order valence-corrected chi connectivity index (χ0v) is 30.6. The van der Waals surface area contributed by atoms with Gasteiger partial charge in [-0.3, -0.25) is 4.98 Å². The van der Waals surface area contributed by atoms with Crippen molar-refractivity contribution in [2.45, 2.75) is 98.7 Å². The molecular weight excluding hydrogens is 647 g/mol. The minimum Gasteiger partial charge on any atom is -0.490 e. The Morgan fingerprint density at radius 1 is 0.922 bits per heavy atom. The zero-order chi connectivity index (χ0) is 36.4. The van der Waals surface area contributed by atoms with Gasteiger partial charge in [0, 0.05) is 35.6 Å². The molecule has 0 bridgehead atoms. The topological polar surface area (TPSA) is 87.2 Å².